The Bertz CT molecular complexity index is 835. The van der Waals surface area contributed by atoms with E-state index in [-0.39, 0.29) is 31.1 Å². The number of para-hydroxylation sites is 2. The van der Waals surface area contributed by atoms with E-state index in [1.807, 2.05) is 24.3 Å². The average Bonchev–Trinajstić information content (AvgIpc) is 3.06. The van der Waals surface area contributed by atoms with Gasteiger partial charge in [0.15, 0.2) is 0 Å². The molecule has 2 aromatic carbocycles. The molecule has 0 unspecified atom stereocenters. The molecule has 1 aliphatic rings. The number of fused-ring (bicyclic) bond motifs is 1. The van der Waals surface area contributed by atoms with Crippen molar-refractivity contribution < 1.29 is 14.3 Å². The van der Waals surface area contributed by atoms with Gasteiger partial charge in [0.2, 0.25) is 0 Å². The fraction of sp³-hybridized carbons (Fsp3) is 0.364. The van der Waals surface area contributed by atoms with E-state index in [2.05, 4.69) is 39.8 Å². The number of carbonyl (C=O) groups is 2. The summed E-state index contributed by atoms with van der Waals surface area (Å²) in [6, 6.07) is 15.9. The van der Waals surface area contributed by atoms with Crippen LogP contribution in [0.25, 0.3) is 0 Å². The molecule has 2 N–H and O–H groups in total. The van der Waals surface area contributed by atoms with Gasteiger partial charge in [-0.1, -0.05) is 36.4 Å². The first kappa shape index (κ1) is 19.7. The van der Waals surface area contributed by atoms with Crippen molar-refractivity contribution >= 4 is 23.4 Å². The summed E-state index contributed by atoms with van der Waals surface area (Å²) in [5, 5.41) is 5.60. The zero-order valence-corrected chi connectivity index (χ0v) is 16.4. The summed E-state index contributed by atoms with van der Waals surface area (Å²) in [7, 11) is 0. The van der Waals surface area contributed by atoms with Gasteiger partial charge >= 0.3 is 12.0 Å². The Morgan fingerprint density at radius 1 is 1.11 bits per heavy atom. The van der Waals surface area contributed by atoms with Gasteiger partial charge in [-0.15, -0.1) is 0 Å². The number of benzene rings is 2. The van der Waals surface area contributed by atoms with Crippen LogP contribution in [0.3, 0.4) is 0 Å². The molecule has 1 aliphatic heterocycles. The van der Waals surface area contributed by atoms with E-state index in [1.54, 1.807) is 13.8 Å². The summed E-state index contributed by atoms with van der Waals surface area (Å²) in [4.78, 5) is 26.1. The van der Waals surface area contributed by atoms with Crippen LogP contribution in [0.5, 0.6) is 0 Å². The highest BCUT2D eigenvalue weighted by Crippen LogP contribution is 2.30. The van der Waals surface area contributed by atoms with Crippen LogP contribution in [0.15, 0.2) is 48.5 Å². The van der Waals surface area contributed by atoms with Crippen molar-refractivity contribution in [3.63, 3.8) is 0 Å². The lowest BCUT2D eigenvalue weighted by molar-refractivity contribution is -0.147. The first-order valence-electron chi connectivity index (χ1n) is 9.68. The molecule has 28 heavy (non-hydrogen) atoms. The predicted octanol–water partition coefficient (Wildman–Crippen LogP) is 3.71. The highest BCUT2D eigenvalue weighted by Gasteiger charge is 2.19. The van der Waals surface area contributed by atoms with E-state index in [0.29, 0.717) is 0 Å². The Morgan fingerprint density at radius 2 is 1.86 bits per heavy atom. The van der Waals surface area contributed by atoms with Crippen molar-refractivity contribution in [2.75, 3.05) is 23.3 Å². The molecule has 2 amide bonds. The molecule has 0 saturated carbocycles. The molecule has 0 saturated heterocycles. The molecule has 148 valence electrons. The van der Waals surface area contributed by atoms with Crippen molar-refractivity contribution in [1.29, 1.82) is 0 Å². The molecule has 6 nitrogen and oxygen atoms in total. The third-order valence-corrected chi connectivity index (χ3v) is 4.59. The molecule has 0 spiro atoms. The standard InChI is InChI=1S/C22H27N3O3/c1-16(2)28-21(26)11-13-23-22(27)24-19-9-5-3-8-18(19)15-25-14-12-17-7-4-6-10-20(17)25/h3-10,16H,11-15H2,1-2H3,(H2,23,24,27). The third kappa shape index (κ3) is 5.25. The molecule has 0 radical (unpaired) electrons. The highest BCUT2D eigenvalue weighted by molar-refractivity contribution is 5.90. The van der Waals surface area contributed by atoms with Crippen molar-refractivity contribution in [2.24, 2.45) is 0 Å². The monoisotopic (exact) mass is 381 g/mol. The van der Waals surface area contributed by atoms with Gasteiger partial charge in [-0.3, -0.25) is 4.79 Å². The van der Waals surface area contributed by atoms with Crippen molar-refractivity contribution in [2.45, 2.75) is 39.3 Å². The lowest BCUT2D eigenvalue weighted by Crippen LogP contribution is -2.32. The first-order chi connectivity index (χ1) is 13.5. The number of esters is 1. The van der Waals surface area contributed by atoms with Crippen LogP contribution in [-0.4, -0.2) is 31.2 Å². The van der Waals surface area contributed by atoms with E-state index in [0.717, 1.165) is 30.8 Å². The van der Waals surface area contributed by atoms with E-state index in [1.165, 1.54) is 11.3 Å². The van der Waals surface area contributed by atoms with Crippen molar-refractivity contribution in [1.82, 2.24) is 5.32 Å². The highest BCUT2D eigenvalue weighted by atomic mass is 16.5. The Balaban J connectivity index is 1.56. The summed E-state index contributed by atoms with van der Waals surface area (Å²) in [5.74, 6) is -0.316. The lowest BCUT2D eigenvalue weighted by atomic mass is 10.1. The molecular weight excluding hydrogens is 354 g/mol. The largest absolute Gasteiger partial charge is 0.463 e. The zero-order valence-electron chi connectivity index (χ0n) is 16.4. The topological polar surface area (TPSA) is 70.7 Å². The van der Waals surface area contributed by atoms with Crippen LogP contribution in [0, 0.1) is 0 Å². The van der Waals surface area contributed by atoms with Gasteiger partial charge in [-0.05, 0) is 43.5 Å². The van der Waals surface area contributed by atoms with Gasteiger partial charge in [0, 0.05) is 31.0 Å². The Kier molecular flexibility index (Phi) is 6.53. The van der Waals surface area contributed by atoms with Gasteiger partial charge in [0.05, 0.1) is 12.5 Å². The summed E-state index contributed by atoms with van der Waals surface area (Å²) < 4.78 is 5.06. The SMILES string of the molecule is CC(C)OC(=O)CCNC(=O)Nc1ccccc1CN1CCc2ccccc21. The van der Waals surface area contributed by atoms with Gasteiger partial charge in [-0.25, -0.2) is 4.79 Å². The molecule has 0 atom stereocenters. The summed E-state index contributed by atoms with van der Waals surface area (Å²) >= 11 is 0. The number of urea groups is 1. The summed E-state index contributed by atoms with van der Waals surface area (Å²) in [6.07, 6.45) is 1.04. The Labute approximate surface area is 165 Å². The van der Waals surface area contributed by atoms with Crippen LogP contribution in [0.1, 0.15) is 31.4 Å². The van der Waals surface area contributed by atoms with E-state index in [4.69, 9.17) is 4.74 Å². The maximum Gasteiger partial charge on any atom is 0.319 e. The number of carbonyl (C=O) groups excluding carboxylic acids is 2. The second-order valence-corrected chi connectivity index (χ2v) is 7.13. The summed E-state index contributed by atoms with van der Waals surface area (Å²) in [5.41, 5.74) is 4.44. The zero-order chi connectivity index (χ0) is 19.9. The van der Waals surface area contributed by atoms with Crippen LogP contribution < -0.4 is 15.5 Å². The fourth-order valence-electron chi connectivity index (χ4n) is 3.32. The molecule has 0 bridgehead atoms. The minimum absolute atomic E-state index is 0.149. The third-order valence-electron chi connectivity index (χ3n) is 4.59. The number of ether oxygens (including phenoxy) is 1. The maximum absolute atomic E-state index is 12.2. The fourth-order valence-corrected chi connectivity index (χ4v) is 3.32. The maximum atomic E-state index is 12.2. The number of rotatable bonds is 7. The number of amides is 2. The molecule has 0 aliphatic carbocycles. The number of anilines is 2. The Hall–Kier alpha value is -3.02. The van der Waals surface area contributed by atoms with Gasteiger partial charge < -0.3 is 20.3 Å². The first-order valence-corrected chi connectivity index (χ1v) is 9.68. The van der Waals surface area contributed by atoms with Crippen molar-refractivity contribution in [3.05, 3.63) is 59.7 Å². The van der Waals surface area contributed by atoms with Crippen LogP contribution in [0.2, 0.25) is 0 Å². The van der Waals surface area contributed by atoms with Crippen molar-refractivity contribution in [3.8, 4) is 0 Å². The van der Waals surface area contributed by atoms with Gasteiger partial charge in [-0.2, -0.15) is 0 Å². The quantitative estimate of drug-likeness (QED) is 0.717. The number of nitrogens with zero attached hydrogens (tertiary/aromatic N) is 1. The van der Waals surface area contributed by atoms with Gasteiger partial charge in [0.25, 0.3) is 0 Å². The minimum Gasteiger partial charge on any atom is -0.463 e. The second-order valence-electron chi connectivity index (χ2n) is 7.13. The van der Waals surface area contributed by atoms with Crippen LogP contribution in [-0.2, 0) is 22.5 Å². The second kappa shape index (κ2) is 9.26. The van der Waals surface area contributed by atoms with Crippen LogP contribution in [0.4, 0.5) is 16.2 Å². The summed E-state index contributed by atoms with van der Waals surface area (Å²) in [6.45, 7) is 5.53. The molecule has 0 fully saturated rings. The molecular formula is C22H27N3O3. The number of nitrogens with one attached hydrogen (secondary N) is 2. The normalized spacial score (nSPS) is 12.6. The molecule has 3 rings (SSSR count). The number of hydrogen-bond acceptors (Lipinski definition) is 4. The van der Waals surface area contributed by atoms with Gasteiger partial charge in [0.1, 0.15) is 0 Å². The Morgan fingerprint density at radius 3 is 2.68 bits per heavy atom. The molecule has 2 aromatic rings. The van der Waals surface area contributed by atoms with E-state index >= 15 is 0 Å². The number of hydrogen-bond donors (Lipinski definition) is 2. The lowest BCUT2D eigenvalue weighted by Gasteiger charge is -2.21. The molecule has 0 aromatic heterocycles. The molecule has 1 heterocycles. The van der Waals surface area contributed by atoms with Crippen LogP contribution >= 0.6 is 0 Å². The average molecular weight is 381 g/mol. The van der Waals surface area contributed by atoms with E-state index < -0.39 is 0 Å². The smallest absolute Gasteiger partial charge is 0.319 e. The minimum atomic E-state index is -0.327. The predicted molar refractivity (Wildman–Crippen MR) is 111 cm³/mol. The van der Waals surface area contributed by atoms with E-state index in [9.17, 15) is 9.59 Å². The molecule has 6 heteroatoms.